The van der Waals surface area contributed by atoms with Gasteiger partial charge in [0.1, 0.15) is 0 Å². The number of rotatable bonds is 0. The van der Waals surface area contributed by atoms with Gasteiger partial charge in [-0.3, -0.25) is 0 Å². The summed E-state index contributed by atoms with van der Waals surface area (Å²) in [6.45, 7) is 2.14. The SMILES string of the molecule is CC1=CC=C2CCCCC2N1. The molecule has 1 unspecified atom stereocenters. The zero-order valence-corrected chi connectivity index (χ0v) is 7.06. The monoisotopic (exact) mass is 149 g/mol. The number of nitrogens with one attached hydrogen (secondary N) is 1. The smallest absolute Gasteiger partial charge is 0.0473 e. The minimum absolute atomic E-state index is 0.675. The maximum absolute atomic E-state index is 3.51. The molecule has 60 valence electrons. The normalized spacial score (nSPS) is 29.7. The largest absolute Gasteiger partial charge is 0.382 e. The van der Waals surface area contributed by atoms with Crippen LogP contribution in [0, 0.1) is 0 Å². The quantitative estimate of drug-likeness (QED) is 0.557. The van der Waals surface area contributed by atoms with Crippen molar-refractivity contribution in [1.29, 1.82) is 0 Å². The summed E-state index contributed by atoms with van der Waals surface area (Å²) in [5.74, 6) is 0. The molecule has 1 heteroatoms. The molecule has 1 saturated carbocycles. The fraction of sp³-hybridized carbons (Fsp3) is 0.600. The molecule has 2 rings (SSSR count). The Labute approximate surface area is 68.2 Å². The third-order valence-electron chi connectivity index (χ3n) is 2.61. The standard InChI is InChI=1S/C10H15N/c1-8-6-7-9-4-2-3-5-10(9)11-8/h6-7,10-11H,2-5H2,1H3. The topological polar surface area (TPSA) is 12.0 Å². The average molecular weight is 149 g/mol. The second-order valence-corrected chi connectivity index (χ2v) is 3.53. The third-order valence-corrected chi connectivity index (χ3v) is 2.61. The number of hydrogen-bond acceptors (Lipinski definition) is 1. The van der Waals surface area contributed by atoms with Crippen LogP contribution in [0.2, 0.25) is 0 Å². The molecule has 1 nitrogen and oxygen atoms in total. The molecule has 2 aliphatic rings. The van der Waals surface area contributed by atoms with Gasteiger partial charge in [0.25, 0.3) is 0 Å². The lowest BCUT2D eigenvalue weighted by atomic mass is 9.88. The van der Waals surface area contributed by atoms with E-state index in [0.717, 1.165) is 0 Å². The van der Waals surface area contributed by atoms with Crippen LogP contribution < -0.4 is 5.32 Å². The van der Waals surface area contributed by atoms with Crippen LogP contribution in [0.3, 0.4) is 0 Å². The molecule has 1 atom stereocenters. The van der Waals surface area contributed by atoms with Crippen molar-refractivity contribution in [1.82, 2.24) is 5.32 Å². The van der Waals surface area contributed by atoms with Crippen LogP contribution in [-0.2, 0) is 0 Å². The predicted molar refractivity (Wildman–Crippen MR) is 47.2 cm³/mol. The maximum atomic E-state index is 3.51. The van der Waals surface area contributed by atoms with Crippen LogP contribution >= 0.6 is 0 Å². The van der Waals surface area contributed by atoms with Crippen LogP contribution in [0.25, 0.3) is 0 Å². The average Bonchev–Trinajstić information content (AvgIpc) is 2.04. The Balaban J connectivity index is 2.16. The highest BCUT2D eigenvalue weighted by atomic mass is 14.9. The van der Waals surface area contributed by atoms with Crippen LogP contribution in [0.15, 0.2) is 23.4 Å². The number of hydrogen-bond donors (Lipinski definition) is 1. The summed E-state index contributed by atoms with van der Waals surface area (Å²) in [5, 5.41) is 3.51. The van der Waals surface area contributed by atoms with Crippen molar-refractivity contribution in [2.45, 2.75) is 38.6 Å². The Hall–Kier alpha value is -0.720. The first-order valence-corrected chi connectivity index (χ1v) is 4.50. The van der Waals surface area contributed by atoms with Crippen molar-refractivity contribution in [3.8, 4) is 0 Å². The lowest BCUT2D eigenvalue weighted by Crippen LogP contribution is -2.33. The Morgan fingerprint density at radius 1 is 1.36 bits per heavy atom. The van der Waals surface area contributed by atoms with Gasteiger partial charge in [0.05, 0.1) is 0 Å². The first-order chi connectivity index (χ1) is 5.36. The highest BCUT2D eigenvalue weighted by molar-refractivity contribution is 5.27. The van der Waals surface area contributed by atoms with E-state index in [9.17, 15) is 0 Å². The van der Waals surface area contributed by atoms with E-state index in [4.69, 9.17) is 0 Å². The Bertz CT molecular complexity index is 213. The summed E-state index contributed by atoms with van der Waals surface area (Å²) in [5.41, 5.74) is 2.93. The van der Waals surface area contributed by atoms with Gasteiger partial charge < -0.3 is 5.32 Å². The zero-order chi connectivity index (χ0) is 7.68. The van der Waals surface area contributed by atoms with Crippen molar-refractivity contribution >= 4 is 0 Å². The van der Waals surface area contributed by atoms with Gasteiger partial charge in [0.15, 0.2) is 0 Å². The predicted octanol–water partition coefficient (Wildman–Crippen LogP) is 2.36. The Morgan fingerprint density at radius 2 is 2.27 bits per heavy atom. The summed E-state index contributed by atoms with van der Waals surface area (Å²) in [4.78, 5) is 0. The van der Waals surface area contributed by atoms with E-state index in [2.05, 4.69) is 24.4 Å². The van der Waals surface area contributed by atoms with Gasteiger partial charge in [-0.05, 0) is 37.8 Å². The summed E-state index contributed by atoms with van der Waals surface area (Å²) in [6, 6.07) is 0.675. The lowest BCUT2D eigenvalue weighted by molar-refractivity contribution is 0.479. The molecule has 11 heavy (non-hydrogen) atoms. The molecule has 0 aromatic heterocycles. The van der Waals surface area contributed by atoms with Crippen molar-refractivity contribution in [2.75, 3.05) is 0 Å². The highest BCUT2D eigenvalue weighted by Gasteiger charge is 2.19. The minimum Gasteiger partial charge on any atom is -0.382 e. The van der Waals surface area contributed by atoms with Crippen molar-refractivity contribution in [3.63, 3.8) is 0 Å². The van der Waals surface area contributed by atoms with Crippen molar-refractivity contribution < 1.29 is 0 Å². The van der Waals surface area contributed by atoms with Gasteiger partial charge >= 0.3 is 0 Å². The summed E-state index contributed by atoms with van der Waals surface area (Å²) >= 11 is 0. The van der Waals surface area contributed by atoms with Gasteiger partial charge in [-0.25, -0.2) is 0 Å². The maximum Gasteiger partial charge on any atom is 0.0473 e. The molecule has 1 heterocycles. The molecular weight excluding hydrogens is 134 g/mol. The summed E-state index contributed by atoms with van der Waals surface area (Å²) in [7, 11) is 0. The molecule has 0 spiro atoms. The summed E-state index contributed by atoms with van der Waals surface area (Å²) in [6.07, 6.45) is 9.91. The third kappa shape index (κ3) is 1.32. The van der Waals surface area contributed by atoms with Gasteiger partial charge in [0, 0.05) is 11.7 Å². The van der Waals surface area contributed by atoms with E-state index in [1.165, 1.54) is 31.4 Å². The second-order valence-electron chi connectivity index (χ2n) is 3.53. The first-order valence-electron chi connectivity index (χ1n) is 4.50. The van der Waals surface area contributed by atoms with E-state index in [1.54, 1.807) is 5.57 Å². The first kappa shape index (κ1) is 6.96. The molecule has 0 radical (unpaired) electrons. The molecular formula is C10H15N. The number of allylic oxidation sites excluding steroid dienone is 3. The van der Waals surface area contributed by atoms with E-state index in [0.29, 0.717) is 6.04 Å². The molecule has 0 amide bonds. The molecule has 1 fully saturated rings. The lowest BCUT2D eigenvalue weighted by Gasteiger charge is -2.29. The van der Waals surface area contributed by atoms with E-state index in [1.807, 2.05) is 0 Å². The van der Waals surface area contributed by atoms with Gasteiger partial charge in [-0.15, -0.1) is 0 Å². The van der Waals surface area contributed by atoms with E-state index < -0.39 is 0 Å². The molecule has 1 aliphatic heterocycles. The molecule has 1 N–H and O–H groups in total. The van der Waals surface area contributed by atoms with Gasteiger partial charge in [-0.1, -0.05) is 12.5 Å². The van der Waals surface area contributed by atoms with E-state index >= 15 is 0 Å². The van der Waals surface area contributed by atoms with Crippen molar-refractivity contribution in [2.24, 2.45) is 0 Å². The fourth-order valence-corrected chi connectivity index (χ4v) is 1.96. The van der Waals surface area contributed by atoms with Crippen LogP contribution in [0.4, 0.5) is 0 Å². The number of fused-ring (bicyclic) bond motifs is 1. The molecule has 0 aromatic carbocycles. The second kappa shape index (κ2) is 2.72. The molecule has 1 aliphatic carbocycles. The Morgan fingerprint density at radius 3 is 3.18 bits per heavy atom. The van der Waals surface area contributed by atoms with Crippen LogP contribution in [0.5, 0.6) is 0 Å². The van der Waals surface area contributed by atoms with Crippen LogP contribution in [0.1, 0.15) is 32.6 Å². The molecule has 0 bridgehead atoms. The minimum atomic E-state index is 0.675. The fourth-order valence-electron chi connectivity index (χ4n) is 1.96. The van der Waals surface area contributed by atoms with Crippen molar-refractivity contribution in [3.05, 3.63) is 23.4 Å². The Kier molecular flexibility index (Phi) is 1.72. The van der Waals surface area contributed by atoms with Crippen LogP contribution in [-0.4, -0.2) is 6.04 Å². The summed E-state index contributed by atoms with van der Waals surface area (Å²) < 4.78 is 0. The van der Waals surface area contributed by atoms with Gasteiger partial charge in [0.2, 0.25) is 0 Å². The number of dihydropyridines is 1. The zero-order valence-electron chi connectivity index (χ0n) is 7.06. The van der Waals surface area contributed by atoms with Gasteiger partial charge in [-0.2, -0.15) is 0 Å². The molecule has 0 saturated heterocycles. The highest BCUT2D eigenvalue weighted by Crippen LogP contribution is 2.26. The molecule has 0 aromatic rings. The van der Waals surface area contributed by atoms with E-state index in [-0.39, 0.29) is 0 Å².